The molecule has 4 nitrogen and oxygen atoms in total. The molecule has 4 heteroatoms. The predicted molar refractivity (Wildman–Crippen MR) is 84.9 cm³/mol. The molecule has 0 amide bonds. The van der Waals surface area contributed by atoms with E-state index in [1.807, 2.05) is 41.1 Å². The SMILES string of the molecule is Oc1ccc2ccccc2c1/C=N/CCCn1ccnc1. The smallest absolute Gasteiger partial charge is 0.124 e. The van der Waals surface area contributed by atoms with Gasteiger partial charge in [-0.25, -0.2) is 4.98 Å². The number of aliphatic imine (C=N–C) groups is 1. The molecule has 1 aromatic heterocycles. The summed E-state index contributed by atoms with van der Waals surface area (Å²) < 4.78 is 2.03. The highest BCUT2D eigenvalue weighted by Crippen LogP contribution is 2.25. The first-order valence-electron chi connectivity index (χ1n) is 7.01. The Morgan fingerprint density at radius 2 is 2.10 bits per heavy atom. The second kappa shape index (κ2) is 6.22. The molecule has 0 radical (unpaired) electrons. The third kappa shape index (κ3) is 3.11. The van der Waals surface area contributed by atoms with Crippen LogP contribution < -0.4 is 0 Å². The van der Waals surface area contributed by atoms with Gasteiger partial charge in [-0.2, -0.15) is 0 Å². The van der Waals surface area contributed by atoms with Crippen molar-refractivity contribution in [3.05, 3.63) is 60.7 Å². The van der Waals surface area contributed by atoms with Crippen LogP contribution in [-0.2, 0) is 6.54 Å². The Labute approximate surface area is 123 Å². The van der Waals surface area contributed by atoms with Crippen LogP contribution in [0.2, 0.25) is 0 Å². The van der Waals surface area contributed by atoms with E-state index in [-0.39, 0.29) is 5.75 Å². The summed E-state index contributed by atoms with van der Waals surface area (Å²) >= 11 is 0. The van der Waals surface area contributed by atoms with Gasteiger partial charge in [-0.1, -0.05) is 30.3 Å². The van der Waals surface area contributed by atoms with Gasteiger partial charge in [0, 0.05) is 37.3 Å². The van der Waals surface area contributed by atoms with Crippen molar-refractivity contribution in [2.75, 3.05) is 6.54 Å². The third-order valence-electron chi connectivity index (χ3n) is 3.43. The molecule has 0 aliphatic carbocycles. The molecule has 3 rings (SSSR count). The van der Waals surface area contributed by atoms with Gasteiger partial charge in [-0.05, 0) is 23.3 Å². The van der Waals surface area contributed by atoms with E-state index in [4.69, 9.17) is 0 Å². The molecule has 0 atom stereocenters. The number of fused-ring (bicyclic) bond motifs is 1. The normalized spacial score (nSPS) is 11.4. The highest BCUT2D eigenvalue weighted by atomic mass is 16.3. The minimum Gasteiger partial charge on any atom is -0.507 e. The lowest BCUT2D eigenvalue weighted by Crippen LogP contribution is -1.96. The summed E-state index contributed by atoms with van der Waals surface area (Å²) in [6, 6.07) is 11.6. The van der Waals surface area contributed by atoms with Crippen LogP contribution in [0.25, 0.3) is 10.8 Å². The number of aryl methyl sites for hydroxylation is 1. The number of hydrogen-bond donors (Lipinski definition) is 1. The molecule has 0 spiro atoms. The molecule has 0 unspecified atom stereocenters. The first-order valence-corrected chi connectivity index (χ1v) is 7.01. The van der Waals surface area contributed by atoms with Gasteiger partial charge in [0.05, 0.1) is 6.33 Å². The van der Waals surface area contributed by atoms with Crippen LogP contribution in [0, 0.1) is 0 Å². The van der Waals surface area contributed by atoms with Gasteiger partial charge in [-0.3, -0.25) is 4.99 Å². The second-order valence-electron chi connectivity index (χ2n) is 4.91. The Morgan fingerprint density at radius 1 is 1.19 bits per heavy atom. The maximum atomic E-state index is 10.0. The quantitative estimate of drug-likeness (QED) is 0.575. The number of nitrogens with zero attached hydrogens (tertiary/aromatic N) is 3. The highest BCUT2D eigenvalue weighted by molar-refractivity contribution is 6.02. The van der Waals surface area contributed by atoms with Crippen molar-refractivity contribution >= 4 is 17.0 Å². The molecule has 3 aromatic rings. The zero-order valence-electron chi connectivity index (χ0n) is 11.7. The van der Waals surface area contributed by atoms with E-state index in [0.717, 1.165) is 35.8 Å². The molecule has 1 N–H and O–H groups in total. The Kier molecular flexibility index (Phi) is 3.96. The molecule has 0 bridgehead atoms. The molecule has 106 valence electrons. The number of phenols is 1. The molecule has 0 saturated carbocycles. The molecular formula is C17H17N3O. The average Bonchev–Trinajstić information content (AvgIpc) is 3.02. The van der Waals surface area contributed by atoms with Gasteiger partial charge in [0.15, 0.2) is 0 Å². The van der Waals surface area contributed by atoms with Crippen molar-refractivity contribution in [2.24, 2.45) is 4.99 Å². The Bertz CT molecular complexity index is 748. The summed E-state index contributed by atoms with van der Waals surface area (Å²) in [7, 11) is 0. The van der Waals surface area contributed by atoms with Crippen LogP contribution in [0.1, 0.15) is 12.0 Å². The maximum absolute atomic E-state index is 10.0. The van der Waals surface area contributed by atoms with E-state index >= 15 is 0 Å². The summed E-state index contributed by atoms with van der Waals surface area (Å²) in [5.74, 6) is 0.270. The van der Waals surface area contributed by atoms with E-state index in [0.29, 0.717) is 0 Å². The van der Waals surface area contributed by atoms with Crippen LogP contribution >= 0.6 is 0 Å². The molecule has 0 aliphatic heterocycles. The van der Waals surface area contributed by atoms with E-state index in [1.54, 1.807) is 24.8 Å². The lowest BCUT2D eigenvalue weighted by atomic mass is 10.0. The minimum atomic E-state index is 0.270. The van der Waals surface area contributed by atoms with Crippen LogP contribution in [0.4, 0.5) is 0 Å². The zero-order chi connectivity index (χ0) is 14.5. The van der Waals surface area contributed by atoms with Gasteiger partial charge < -0.3 is 9.67 Å². The van der Waals surface area contributed by atoms with Crippen molar-refractivity contribution in [1.29, 1.82) is 0 Å². The lowest BCUT2D eigenvalue weighted by Gasteiger charge is -2.04. The van der Waals surface area contributed by atoms with Gasteiger partial charge in [0.2, 0.25) is 0 Å². The molecule has 0 aliphatic rings. The second-order valence-corrected chi connectivity index (χ2v) is 4.91. The number of aromatic nitrogens is 2. The lowest BCUT2D eigenvalue weighted by molar-refractivity contribution is 0.475. The molecular weight excluding hydrogens is 262 g/mol. The van der Waals surface area contributed by atoms with Crippen molar-refractivity contribution in [3.8, 4) is 5.75 Å². The fourth-order valence-electron chi connectivity index (χ4n) is 2.34. The largest absolute Gasteiger partial charge is 0.507 e. The van der Waals surface area contributed by atoms with E-state index in [9.17, 15) is 5.11 Å². The minimum absolute atomic E-state index is 0.270. The standard InChI is InChI=1S/C17H17N3O/c21-17-7-6-14-4-1-2-5-15(14)16(17)12-18-8-3-10-20-11-9-19-13-20/h1-2,4-7,9,11-13,21H,3,8,10H2/b18-12+. The summed E-state index contributed by atoms with van der Waals surface area (Å²) in [4.78, 5) is 8.44. The van der Waals surface area contributed by atoms with E-state index in [2.05, 4.69) is 9.98 Å². The number of phenolic OH excluding ortho intramolecular Hbond substituents is 1. The van der Waals surface area contributed by atoms with Crippen molar-refractivity contribution in [3.63, 3.8) is 0 Å². The monoisotopic (exact) mass is 279 g/mol. The summed E-state index contributed by atoms with van der Waals surface area (Å²) in [5.41, 5.74) is 0.788. The van der Waals surface area contributed by atoms with Gasteiger partial charge in [0.25, 0.3) is 0 Å². The molecule has 0 saturated heterocycles. The number of aromatic hydroxyl groups is 1. The molecule has 0 fully saturated rings. The summed E-state index contributed by atoms with van der Waals surface area (Å²) in [6.45, 7) is 1.62. The highest BCUT2D eigenvalue weighted by Gasteiger charge is 2.03. The van der Waals surface area contributed by atoms with Gasteiger partial charge in [-0.15, -0.1) is 0 Å². The number of imidazole rings is 1. The first kappa shape index (κ1) is 13.4. The topological polar surface area (TPSA) is 50.4 Å². The Balaban J connectivity index is 1.69. The fourth-order valence-corrected chi connectivity index (χ4v) is 2.34. The van der Waals surface area contributed by atoms with Crippen LogP contribution in [0.5, 0.6) is 5.75 Å². The number of benzene rings is 2. The Morgan fingerprint density at radius 3 is 2.95 bits per heavy atom. The van der Waals surface area contributed by atoms with Crippen LogP contribution in [-0.4, -0.2) is 27.4 Å². The maximum Gasteiger partial charge on any atom is 0.124 e. The third-order valence-corrected chi connectivity index (χ3v) is 3.43. The van der Waals surface area contributed by atoms with Crippen molar-refractivity contribution < 1.29 is 5.11 Å². The van der Waals surface area contributed by atoms with Crippen LogP contribution in [0.15, 0.2) is 60.1 Å². The summed E-state index contributed by atoms with van der Waals surface area (Å²) in [6.07, 6.45) is 8.24. The number of rotatable bonds is 5. The fraction of sp³-hybridized carbons (Fsp3) is 0.176. The van der Waals surface area contributed by atoms with E-state index < -0.39 is 0 Å². The molecule has 21 heavy (non-hydrogen) atoms. The molecule has 1 heterocycles. The average molecular weight is 279 g/mol. The van der Waals surface area contributed by atoms with E-state index in [1.165, 1.54) is 0 Å². The molecule has 2 aromatic carbocycles. The zero-order valence-corrected chi connectivity index (χ0v) is 11.7. The van der Waals surface area contributed by atoms with Crippen molar-refractivity contribution in [2.45, 2.75) is 13.0 Å². The van der Waals surface area contributed by atoms with Gasteiger partial charge >= 0.3 is 0 Å². The predicted octanol–water partition coefficient (Wildman–Crippen LogP) is 3.25. The van der Waals surface area contributed by atoms with Crippen LogP contribution in [0.3, 0.4) is 0 Å². The van der Waals surface area contributed by atoms with Gasteiger partial charge in [0.1, 0.15) is 5.75 Å². The Hall–Kier alpha value is -2.62. The number of hydrogen-bond acceptors (Lipinski definition) is 3. The summed E-state index contributed by atoms with van der Waals surface area (Å²) in [5, 5.41) is 12.1. The first-order chi connectivity index (χ1) is 10.3. The van der Waals surface area contributed by atoms with Crippen molar-refractivity contribution in [1.82, 2.24) is 9.55 Å².